The van der Waals surface area contributed by atoms with E-state index >= 15 is 0 Å². The highest BCUT2D eigenvalue weighted by Gasteiger charge is 2.26. The number of piperazine rings is 1. The Balaban J connectivity index is 1.69. The number of nitrogens with zero attached hydrogens (tertiary/aromatic N) is 4. The van der Waals surface area contributed by atoms with Crippen molar-refractivity contribution in [1.29, 1.82) is 0 Å². The summed E-state index contributed by atoms with van der Waals surface area (Å²) in [4.78, 5) is 25.0. The first-order valence-electron chi connectivity index (χ1n) is 8.02. The number of aromatic nitrogens is 2. The molecule has 1 aromatic heterocycles. The number of carbonyl (C=O) groups excluding carboxylic acids is 1. The van der Waals surface area contributed by atoms with Crippen molar-refractivity contribution in [3.63, 3.8) is 0 Å². The van der Waals surface area contributed by atoms with E-state index in [4.69, 9.17) is 4.74 Å². The maximum atomic E-state index is 12.5. The average Bonchev–Trinajstić information content (AvgIpc) is 2.59. The van der Waals surface area contributed by atoms with E-state index in [9.17, 15) is 4.79 Å². The second kappa shape index (κ2) is 6.86. The number of hydrogen-bond donors (Lipinski definition) is 0. The van der Waals surface area contributed by atoms with Gasteiger partial charge in [-0.2, -0.15) is 0 Å². The third kappa shape index (κ3) is 3.32. The Bertz CT molecular complexity index is 748. The van der Waals surface area contributed by atoms with Crippen LogP contribution in [0.4, 0.5) is 5.82 Å². The molecule has 1 amide bonds. The van der Waals surface area contributed by atoms with E-state index in [0.717, 1.165) is 34.9 Å². The van der Waals surface area contributed by atoms with Crippen LogP contribution in [0.3, 0.4) is 0 Å². The van der Waals surface area contributed by atoms with E-state index in [1.165, 1.54) is 0 Å². The highest BCUT2D eigenvalue weighted by molar-refractivity contribution is 5.82. The lowest BCUT2D eigenvalue weighted by Crippen LogP contribution is -2.50. The van der Waals surface area contributed by atoms with Gasteiger partial charge in [0.05, 0.1) is 13.7 Å². The molecule has 1 fully saturated rings. The molecule has 126 valence electrons. The minimum absolute atomic E-state index is 0.111. The molecule has 1 saturated heterocycles. The molecule has 24 heavy (non-hydrogen) atoms. The van der Waals surface area contributed by atoms with Crippen LogP contribution in [0.15, 0.2) is 30.6 Å². The zero-order valence-corrected chi connectivity index (χ0v) is 14.3. The van der Waals surface area contributed by atoms with Gasteiger partial charge in [0, 0.05) is 30.9 Å². The number of carbonyl (C=O) groups is 1. The Morgan fingerprint density at radius 2 is 2.04 bits per heavy atom. The fraction of sp³-hybridized carbons (Fsp3) is 0.389. The zero-order valence-electron chi connectivity index (χ0n) is 14.3. The summed E-state index contributed by atoms with van der Waals surface area (Å²) in [5.74, 6) is 1.78. The summed E-state index contributed by atoms with van der Waals surface area (Å²) >= 11 is 0. The van der Waals surface area contributed by atoms with Gasteiger partial charge in [-0.15, -0.1) is 0 Å². The van der Waals surface area contributed by atoms with E-state index in [0.29, 0.717) is 19.6 Å². The number of aryl methyl sites for hydroxylation is 1. The lowest BCUT2D eigenvalue weighted by molar-refractivity contribution is -0.131. The van der Waals surface area contributed by atoms with E-state index < -0.39 is 0 Å². The first-order chi connectivity index (χ1) is 11.6. The molecule has 0 spiro atoms. The minimum Gasteiger partial charge on any atom is -0.497 e. The van der Waals surface area contributed by atoms with E-state index in [1.54, 1.807) is 13.4 Å². The molecule has 0 saturated carbocycles. The third-order valence-corrected chi connectivity index (χ3v) is 4.44. The number of anilines is 1. The molecule has 0 atom stereocenters. The molecule has 2 heterocycles. The molecule has 6 heteroatoms. The van der Waals surface area contributed by atoms with Crippen molar-refractivity contribution in [2.45, 2.75) is 20.4 Å². The lowest BCUT2D eigenvalue weighted by atomic mass is 10.1. The number of ether oxygens (including phenoxy) is 1. The van der Waals surface area contributed by atoms with Gasteiger partial charge in [0.1, 0.15) is 17.9 Å². The Kier molecular flexibility index (Phi) is 4.64. The second-order valence-corrected chi connectivity index (χ2v) is 6.00. The summed E-state index contributed by atoms with van der Waals surface area (Å²) in [5, 5.41) is 0. The Hall–Kier alpha value is -2.63. The van der Waals surface area contributed by atoms with Crippen LogP contribution in [0.2, 0.25) is 0 Å². The molecule has 1 aliphatic heterocycles. The molecule has 0 bridgehead atoms. The normalized spacial score (nSPS) is 14.9. The van der Waals surface area contributed by atoms with Crippen LogP contribution in [0.5, 0.6) is 5.75 Å². The van der Waals surface area contributed by atoms with Crippen molar-refractivity contribution in [3.05, 3.63) is 47.4 Å². The van der Waals surface area contributed by atoms with E-state index in [2.05, 4.69) is 9.97 Å². The fourth-order valence-electron chi connectivity index (χ4n) is 2.89. The van der Waals surface area contributed by atoms with Crippen LogP contribution >= 0.6 is 0 Å². The summed E-state index contributed by atoms with van der Waals surface area (Å²) in [6.07, 6.45) is 1.56. The number of hydrogen-bond acceptors (Lipinski definition) is 5. The summed E-state index contributed by atoms with van der Waals surface area (Å²) in [7, 11) is 1.65. The summed E-state index contributed by atoms with van der Waals surface area (Å²) in [6.45, 7) is 6.36. The number of benzene rings is 1. The number of amides is 1. The molecule has 0 aliphatic carbocycles. The van der Waals surface area contributed by atoms with Gasteiger partial charge in [-0.3, -0.25) is 4.79 Å². The fourth-order valence-corrected chi connectivity index (χ4v) is 2.89. The van der Waals surface area contributed by atoms with Crippen molar-refractivity contribution >= 4 is 11.7 Å². The van der Waals surface area contributed by atoms with Crippen LogP contribution in [0.25, 0.3) is 0 Å². The molecule has 1 aliphatic rings. The van der Waals surface area contributed by atoms with Gasteiger partial charge in [-0.1, -0.05) is 12.1 Å². The van der Waals surface area contributed by atoms with Gasteiger partial charge in [0.15, 0.2) is 0 Å². The smallest absolute Gasteiger partial charge is 0.242 e. The predicted molar refractivity (Wildman–Crippen MR) is 92.1 cm³/mol. The molecule has 1 aromatic carbocycles. The van der Waals surface area contributed by atoms with Crippen molar-refractivity contribution in [2.24, 2.45) is 0 Å². The predicted octanol–water partition coefficient (Wildman–Crippen LogP) is 1.95. The second-order valence-electron chi connectivity index (χ2n) is 6.00. The van der Waals surface area contributed by atoms with E-state index in [1.807, 2.05) is 47.9 Å². The third-order valence-electron chi connectivity index (χ3n) is 4.44. The molecule has 6 nitrogen and oxygen atoms in total. The molecule has 0 unspecified atom stereocenters. The molecular formula is C18H22N4O2. The topological polar surface area (TPSA) is 58.6 Å². The lowest BCUT2D eigenvalue weighted by Gasteiger charge is -2.35. The highest BCUT2D eigenvalue weighted by atomic mass is 16.5. The Morgan fingerprint density at radius 1 is 1.21 bits per heavy atom. The first kappa shape index (κ1) is 16.2. The van der Waals surface area contributed by atoms with Crippen LogP contribution in [-0.4, -0.2) is 47.5 Å². The monoisotopic (exact) mass is 326 g/mol. The standard InChI is InChI=1S/C18H22N4O2/c1-13-14(2)19-12-20-18(13)22-8-7-21(17(23)11-22)10-15-5-4-6-16(9-15)24-3/h4-6,9,12H,7-8,10-11H2,1-3H3. The molecule has 2 aromatic rings. The van der Waals surface area contributed by atoms with Crippen molar-refractivity contribution < 1.29 is 9.53 Å². The number of methoxy groups -OCH3 is 1. The van der Waals surface area contributed by atoms with Gasteiger partial charge in [-0.25, -0.2) is 9.97 Å². The summed E-state index contributed by atoms with van der Waals surface area (Å²) < 4.78 is 5.24. The molecule has 0 N–H and O–H groups in total. The Morgan fingerprint density at radius 3 is 2.79 bits per heavy atom. The summed E-state index contributed by atoms with van der Waals surface area (Å²) in [5.41, 5.74) is 3.06. The maximum absolute atomic E-state index is 12.5. The van der Waals surface area contributed by atoms with Crippen molar-refractivity contribution in [1.82, 2.24) is 14.9 Å². The Labute approximate surface area is 142 Å². The van der Waals surface area contributed by atoms with E-state index in [-0.39, 0.29) is 5.91 Å². The van der Waals surface area contributed by atoms with Gasteiger partial charge < -0.3 is 14.5 Å². The average molecular weight is 326 g/mol. The highest BCUT2D eigenvalue weighted by Crippen LogP contribution is 2.21. The molecule has 3 rings (SSSR count). The van der Waals surface area contributed by atoms with Gasteiger partial charge in [-0.05, 0) is 31.5 Å². The largest absolute Gasteiger partial charge is 0.497 e. The van der Waals surface area contributed by atoms with Crippen LogP contribution in [-0.2, 0) is 11.3 Å². The van der Waals surface area contributed by atoms with Crippen LogP contribution < -0.4 is 9.64 Å². The first-order valence-corrected chi connectivity index (χ1v) is 8.02. The molecular weight excluding hydrogens is 304 g/mol. The minimum atomic E-state index is 0.111. The summed E-state index contributed by atoms with van der Waals surface area (Å²) in [6, 6.07) is 7.84. The SMILES string of the molecule is COc1cccc(CN2CCN(c3ncnc(C)c3C)CC2=O)c1. The number of rotatable bonds is 4. The van der Waals surface area contributed by atoms with Gasteiger partial charge in [0.2, 0.25) is 5.91 Å². The van der Waals surface area contributed by atoms with Crippen molar-refractivity contribution in [2.75, 3.05) is 31.6 Å². The quantitative estimate of drug-likeness (QED) is 0.859. The van der Waals surface area contributed by atoms with Crippen molar-refractivity contribution in [3.8, 4) is 5.75 Å². The molecule has 0 radical (unpaired) electrons. The maximum Gasteiger partial charge on any atom is 0.242 e. The zero-order chi connectivity index (χ0) is 17.1. The van der Waals surface area contributed by atoms with Crippen LogP contribution in [0, 0.1) is 13.8 Å². The van der Waals surface area contributed by atoms with Gasteiger partial charge >= 0.3 is 0 Å². The van der Waals surface area contributed by atoms with Crippen LogP contribution in [0.1, 0.15) is 16.8 Å². The van der Waals surface area contributed by atoms with Gasteiger partial charge in [0.25, 0.3) is 0 Å².